The Labute approximate surface area is 293 Å². The van der Waals surface area contributed by atoms with Crippen molar-refractivity contribution in [2.75, 3.05) is 19.6 Å². The number of nitrogens with zero attached hydrogens (tertiary/aromatic N) is 1. The number of hydroxylamine groups is 1. The standard InChI is InChI=1S/C36H52N7O7/c1-24(2)21-29(32(45)39-28(15-9-10-18-37)34(47)43-19-16-36(42-50,17-20-43)35(48)49)41-33(46)30(23-26-13-7-4-8-14-26)40-31(44)27(38)22-25-11-5-3-6-12-25/h3-8,11-14,24,27-30,42H,9-10,15-23,37-38H2,1-2H3,(H,39,45)(H,40,44)(H,41,46)(H,48,49)/q-1/t27-,28-,29-,30-/m1/s1. The fourth-order valence-corrected chi connectivity index (χ4v) is 5.99. The molecule has 50 heavy (non-hydrogen) atoms. The van der Waals surface area contributed by atoms with Crippen LogP contribution in [0, 0.1) is 11.1 Å². The Bertz CT molecular complexity index is 1400. The summed E-state index contributed by atoms with van der Waals surface area (Å²) in [5, 5.41) is 29.5. The number of hydrogen-bond acceptors (Lipinski definition) is 9. The van der Waals surface area contributed by atoms with Gasteiger partial charge in [0.15, 0.2) is 0 Å². The summed E-state index contributed by atoms with van der Waals surface area (Å²) in [6.45, 7) is 4.22. The first-order valence-corrected chi connectivity index (χ1v) is 17.2. The molecule has 14 nitrogen and oxygen atoms in total. The van der Waals surface area contributed by atoms with Gasteiger partial charge in [-0.15, -0.1) is 0 Å². The van der Waals surface area contributed by atoms with Gasteiger partial charge in [-0.1, -0.05) is 74.5 Å². The van der Waals surface area contributed by atoms with E-state index in [9.17, 15) is 34.3 Å². The van der Waals surface area contributed by atoms with Crippen molar-refractivity contribution in [3.63, 3.8) is 0 Å². The fourth-order valence-electron chi connectivity index (χ4n) is 5.99. The Morgan fingerprint density at radius 3 is 1.84 bits per heavy atom. The van der Waals surface area contributed by atoms with Crippen LogP contribution in [0.4, 0.5) is 0 Å². The summed E-state index contributed by atoms with van der Waals surface area (Å²) in [6.07, 6.45) is 1.92. The van der Waals surface area contributed by atoms with Crippen LogP contribution in [0.3, 0.4) is 0 Å². The summed E-state index contributed by atoms with van der Waals surface area (Å²) >= 11 is 0. The van der Waals surface area contributed by atoms with E-state index in [4.69, 9.17) is 11.5 Å². The minimum atomic E-state index is -1.67. The van der Waals surface area contributed by atoms with Gasteiger partial charge in [0.05, 0.1) is 6.04 Å². The molecule has 1 saturated heterocycles. The monoisotopic (exact) mass is 694 g/mol. The Balaban J connectivity index is 1.77. The molecule has 0 saturated carbocycles. The lowest BCUT2D eigenvalue weighted by Gasteiger charge is -2.42. The van der Waals surface area contributed by atoms with E-state index < -0.39 is 59.3 Å². The Kier molecular flexibility index (Phi) is 15.8. The second-order valence-electron chi connectivity index (χ2n) is 13.4. The number of rotatable bonds is 19. The molecule has 0 radical (unpaired) electrons. The minimum Gasteiger partial charge on any atom is -0.787 e. The first-order valence-electron chi connectivity index (χ1n) is 17.2. The molecule has 14 heteroatoms. The number of piperidine rings is 1. The van der Waals surface area contributed by atoms with Crippen LogP contribution in [0.25, 0.3) is 0 Å². The van der Waals surface area contributed by atoms with Crippen LogP contribution in [-0.2, 0) is 36.8 Å². The zero-order chi connectivity index (χ0) is 36.7. The predicted octanol–water partition coefficient (Wildman–Crippen LogP) is 0.962. The minimum absolute atomic E-state index is 0.0169. The van der Waals surface area contributed by atoms with Crippen molar-refractivity contribution < 1.29 is 29.1 Å². The summed E-state index contributed by atoms with van der Waals surface area (Å²) in [4.78, 5) is 67.8. The van der Waals surface area contributed by atoms with Crippen molar-refractivity contribution in [3.05, 3.63) is 77.0 Å². The normalized spacial score (nSPS) is 16.5. The highest BCUT2D eigenvalue weighted by molar-refractivity contribution is 5.95. The number of carboxylic acids is 1. The van der Waals surface area contributed by atoms with Crippen LogP contribution < -0.4 is 32.9 Å². The Morgan fingerprint density at radius 1 is 0.800 bits per heavy atom. The van der Waals surface area contributed by atoms with E-state index in [1.165, 1.54) is 4.90 Å². The van der Waals surface area contributed by atoms with Crippen LogP contribution in [0.15, 0.2) is 60.7 Å². The molecule has 1 aliphatic rings. The summed E-state index contributed by atoms with van der Waals surface area (Å²) in [5.74, 6) is -3.37. The van der Waals surface area contributed by atoms with E-state index in [2.05, 4.69) is 16.0 Å². The number of benzene rings is 2. The number of unbranched alkanes of at least 4 members (excludes halogenated alkanes) is 1. The van der Waals surface area contributed by atoms with Gasteiger partial charge in [-0.3, -0.25) is 24.0 Å². The Hall–Kier alpha value is -4.37. The maximum Gasteiger partial charge on any atom is 0.323 e. The summed E-state index contributed by atoms with van der Waals surface area (Å²) in [5.41, 5.74) is 13.6. The topological polar surface area (TPSA) is 232 Å². The third kappa shape index (κ3) is 11.9. The highest BCUT2D eigenvalue weighted by atomic mass is 16.5. The second-order valence-corrected chi connectivity index (χ2v) is 13.4. The summed E-state index contributed by atoms with van der Waals surface area (Å²) < 4.78 is 0. The first kappa shape index (κ1) is 40.1. The fraction of sp³-hybridized carbons (Fsp3) is 0.528. The molecule has 4 atom stereocenters. The number of carbonyl (C=O) groups is 5. The molecule has 0 aliphatic carbocycles. The molecule has 0 spiro atoms. The molecule has 1 aliphatic heterocycles. The largest absolute Gasteiger partial charge is 0.787 e. The van der Waals surface area contributed by atoms with Gasteiger partial charge in [-0.25, -0.2) is 0 Å². The van der Waals surface area contributed by atoms with Gasteiger partial charge in [0.2, 0.25) is 23.6 Å². The van der Waals surface area contributed by atoms with Crippen molar-refractivity contribution in [1.29, 1.82) is 0 Å². The van der Waals surface area contributed by atoms with E-state index in [1.54, 1.807) is 5.48 Å². The van der Waals surface area contributed by atoms with Crippen molar-refractivity contribution in [1.82, 2.24) is 26.3 Å². The van der Waals surface area contributed by atoms with Gasteiger partial charge >= 0.3 is 5.97 Å². The molecular weight excluding hydrogens is 642 g/mol. The molecule has 9 N–H and O–H groups in total. The molecule has 3 rings (SSSR count). The van der Waals surface area contributed by atoms with Gasteiger partial charge in [-0.2, -0.15) is 0 Å². The second kappa shape index (κ2) is 19.7. The Morgan fingerprint density at radius 2 is 1.32 bits per heavy atom. The third-order valence-corrected chi connectivity index (χ3v) is 8.99. The van der Waals surface area contributed by atoms with Crippen LogP contribution in [0.2, 0.25) is 0 Å². The number of amides is 4. The molecule has 2 aromatic rings. The highest BCUT2D eigenvalue weighted by Crippen LogP contribution is 2.24. The summed E-state index contributed by atoms with van der Waals surface area (Å²) in [6, 6.07) is 14.5. The molecule has 0 bridgehead atoms. The van der Waals surface area contributed by atoms with Gasteiger partial charge in [-0.05, 0) is 68.5 Å². The first-order chi connectivity index (χ1) is 23.9. The smallest absolute Gasteiger partial charge is 0.323 e. The van der Waals surface area contributed by atoms with E-state index in [0.717, 1.165) is 11.1 Å². The maximum absolute atomic E-state index is 13.9. The molecule has 4 amide bonds. The van der Waals surface area contributed by atoms with Crippen molar-refractivity contribution in [2.24, 2.45) is 17.4 Å². The number of aliphatic carboxylic acids is 1. The molecule has 1 heterocycles. The average molecular weight is 695 g/mol. The zero-order valence-corrected chi connectivity index (χ0v) is 28.9. The van der Waals surface area contributed by atoms with Gasteiger partial charge in [0.25, 0.3) is 0 Å². The van der Waals surface area contributed by atoms with Crippen LogP contribution in [-0.4, -0.2) is 88.9 Å². The quantitative estimate of drug-likeness (QED) is 0.0813. The SMILES string of the molecule is CC(C)C[C@@H](NC(=O)[C@@H](Cc1ccccc1)NC(=O)[C@H](N)Cc1ccccc1)C(=O)N[C@H](CCCCN)C(=O)N1CCC(N[O-])(C(=O)O)CC1. The van der Waals surface area contributed by atoms with Crippen LogP contribution >= 0.6 is 0 Å². The number of carbonyl (C=O) groups excluding carboxylic acids is 4. The summed E-state index contributed by atoms with van der Waals surface area (Å²) in [7, 11) is 0. The maximum atomic E-state index is 13.9. The number of hydrogen-bond donors (Lipinski definition) is 7. The van der Waals surface area contributed by atoms with Gasteiger partial charge in [0, 0.05) is 19.5 Å². The average Bonchev–Trinajstić information content (AvgIpc) is 3.10. The number of nitrogens with two attached hydrogens (primary N) is 2. The van der Waals surface area contributed by atoms with Crippen molar-refractivity contribution >= 4 is 29.6 Å². The van der Waals surface area contributed by atoms with Gasteiger partial charge < -0.3 is 48.1 Å². The molecule has 274 valence electrons. The molecular formula is C36H52N7O7-. The number of carboxylic acid groups (broad SMARTS) is 1. The molecule has 0 unspecified atom stereocenters. The van der Waals surface area contributed by atoms with E-state index >= 15 is 0 Å². The highest BCUT2D eigenvalue weighted by Gasteiger charge is 2.41. The van der Waals surface area contributed by atoms with Crippen molar-refractivity contribution in [3.8, 4) is 0 Å². The lowest BCUT2D eigenvalue weighted by molar-refractivity contribution is -0.149. The number of likely N-dealkylation sites (tertiary alicyclic amines) is 1. The predicted molar refractivity (Wildman–Crippen MR) is 189 cm³/mol. The molecule has 1 fully saturated rings. The molecule has 2 aromatic carbocycles. The van der Waals surface area contributed by atoms with Crippen molar-refractivity contribution in [2.45, 2.75) is 94.9 Å². The van der Waals surface area contributed by atoms with Crippen LogP contribution in [0.1, 0.15) is 63.5 Å². The van der Waals surface area contributed by atoms with E-state index in [1.807, 2.05) is 74.5 Å². The van der Waals surface area contributed by atoms with E-state index in [-0.39, 0.29) is 57.5 Å². The van der Waals surface area contributed by atoms with E-state index in [0.29, 0.717) is 19.4 Å². The number of nitrogens with one attached hydrogen (secondary N) is 4. The zero-order valence-electron chi connectivity index (χ0n) is 28.9. The third-order valence-electron chi connectivity index (χ3n) is 8.99. The lowest BCUT2D eigenvalue weighted by Crippen LogP contribution is -2.61. The lowest BCUT2D eigenvalue weighted by atomic mass is 9.88. The van der Waals surface area contributed by atoms with Crippen LogP contribution in [0.5, 0.6) is 0 Å². The van der Waals surface area contributed by atoms with Gasteiger partial charge in [0.1, 0.15) is 23.7 Å². The molecule has 0 aromatic heterocycles.